The highest BCUT2D eigenvalue weighted by atomic mass is 32.1. The van der Waals surface area contributed by atoms with Crippen LogP contribution in [0.4, 0.5) is 5.82 Å². The van der Waals surface area contributed by atoms with Crippen LogP contribution in [0.3, 0.4) is 0 Å². The normalized spacial score (nSPS) is 21.8. The van der Waals surface area contributed by atoms with Gasteiger partial charge in [0.2, 0.25) is 0 Å². The van der Waals surface area contributed by atoms with Gasteiger partial charge in [-0.25, -0.2) is 9.97 Å². The van der Waals surface area contributed by atoms with Crippen molar-refractivity contribution in [3.8, 4) is 0 Å². The summed E-state index contributed by atoms with van der Waals surface area (Å²) < 4.78 is 5.35. The molecule has 3 rings (SSSR count). The Hall–Kier alpha value is -1.73. The van der Waals surface area contributed by atoms with Crippen LogP contribution in [0.2, 0.25) is 0 Å². The minimum atomic E-state index is -0.825. The number of aliphatic carboxylic acids is 1. The maximum atomic E-state index is 11.3. The van der Waals surface area contributed by atoms with Crippen LogP contribution in [0.25, 0.3) is 10.2 Å². The first kappa shape index (κ1) is 14.2. The van der Waals surface area contributed by atoms with Crippen LogP contribution >= 0.6 is 11.3 Å². The number of aryl methyl sites for hydroxylation is 1. The number of carbonyl (C=O) groups is 1. The Morgan fingerprint density at radius 1 is 1.52 bits per heavy atom. The highest BCUT2D eigenvalue weighted by Gasteiger charge is 2.37. The fourth-order valence-corrected chi connectivity index (χ4v) is 3.60. The quantitative estimate of drug-likeness (QED) is 0.928. The second kappa shape index (κ2) is 5.57. The molecule has 1 aliphatic rings. The van der Waals surface area contributed by atoms with Gasteiger partial charge < -0.3 is 14.7 Å². The molecule has 2 aromatic rings. The number of hydrogen-bond acceptors (Lipinski definition) is 6. The van der Waals surface area contributed by atoms with Gasteiger partial charge in [0, 0.05) is 11.9 Å². The van der Waals surface area contributed by atoms with Gasteiger partial charge in [-0.1, -0.05) is 6.92 Å². The molecule has 3 heterocycles. The Balaban J connectivity index is 1.99. The van der Waals surface area contributed by atoms with Crippen LogP contribution in [-0.2, 0) is 16.0 Å². The van der Waals surface area contributed by atoms with Gasteiger partial charge in [-0.15, -0.1) is 11.3 Å². The molecule has 6 nitrogen and oxygen atoms in total. The molecule has 0 radical (unpaired) electrons. The molecule has 0 aliphatic carbocycles. The van der Waals surface area contributed by atoms with Crippen LogP contribution < -0.4 is 4.90 Å². The zero-order valence-electron chi connectivity index (χ0n) is 11.9. The van der Waals surface area contributed by atoms with E-state index < -0.39 is 11.9 Å². The third-order valence-electron chi connectivity index (χ3n) is 3.91. The zero-order valence-corrected chi connectivity index (χ0v) is 12.8. The third-order valence-corrected chi connectivity index (χ3v) is 5.09. The molecule has 0 aromatic carbocycles. The fraction of sp³-hybridized carbons (Fsp3) is 0.500. The summed E-state index contributed by atoms with van der Waals surface area (Å²) in [5, 5.41) is 10.3. The van der Waals surface area contributed by atoms with E-state index in [0.29, 0.717) is 6.61 Å². The Bertz CT molecular complexity index is 673. The molecule has 2 unspecified atom stereocenters. The van der Waals surface area contributed by atoms with E-state index in [2.05, 4.69) is 23.0 Å². The van der Waals surface area contributed by atoms with Crippen molar-refractivity contribution in [2.45, 2.75) is 19.4 Å². The summed E-state index contributed by atoms with van der Waals surface area (Å²) in [4.78, 5) is 24.1. The number of fused-ring (bicyclic) bond motifs is 1. The maximum Gasteiger partial charge on any atom is 0.311 e. The average Bonchev–Trinajstić information content (AvgIpc) is 3.11. The number of anilines is 1. The van der Waals surface area contributed by atoms with Crippen molar-refractivity contribution in [2.75, 3.05) is 25.2 Å². The van der Waals surface area contributed by atoms with Crippen LogP contribution in [-0.4, -0.2) is 47.3 Å². The molecule has 0 saturated carbocycles. The van der Waals surface area contributed by atoms with E-state index in [1.165, 1.54) is 11.2 Å². The molecule has 1 N–H and O–H groups in total. The number of thiophene rings is 1. The molecular weight excluding hydrogens is 290 g/mol. The van der Waals surface area contributed by atoms with Crippen molar-refractivity contribution in [2.24, 2.45) is 5.92 Å². The number of hydrogen-bond donors (Lipinski definition) is 1. The molecule has 2 atom stereocenters. The van der Waals surface area contributed by atoms with Gasteiger partial charge in [-0.2, -0.15) is 0 Å². The molecule has 2 aromatic heterocycles. The Morgan fingerprint density at radius 3 is 3.05 bits per heavy atom. The van der Waals surface area contributed by atoms with Gasteiger partial charge >= 0.3 is 5.97 Å². The zero-order chi connectivity index (χ0) is 15.0. The smallest absolute Gasteiger partial charge is 0.311 e. The minimum absolute atomic E-state index is 0.203. The lowest BCUT2D eigenvalue weighted by Crippen LogP contribution is -2.41. The van der Waals surface area contributed by atoms with E-state index in [1.807, 2.05) is 11.9 Å². The van der Waals surface area contributed by atoms with Crippen molar-refractivity contribution in [1.29, 1.82) is 0 Å². The summed E-state index contributed by atoms with van der Waals surface area (Å²) in [7, 11) is 1.88. The molecule has 1 fully saturated rings. The molecule has 112 valence electrons. The van der Waals surface area contributed by atoms with E-state index in [-0.39, 0.29) is 12.6 Å². The number of rotatable bonds is 4. The van der Waals surface area contributed by atoms with E-state index in [4.69, 9.17) is 4.74 Å². The predicted octanol–water partition coefficient (Wildman–Crippen LogP) is 1.79. The lowest BCUT2D eigenvalue weighted by atomic mass is 10.0. The van der Waals surface area contributed by atoms with E-state index in [0.717, 1.165) is 22.5 Å². The Morgan fingerprint density at radius 2 is 2.33 bits per heavy atom. The van der Waals surface area contributed by atoms with Gasteiger partial charge in [0.1, 0.15) is 22.9 Å². The predicted molar refractivity (Wildman–Crippen MR) is 80.9 cm³/mol. The standard InChI is InChI=1S/C14H17N3O3S/c1-3-8-4-9-12(15-7-16-13(9)21-8)17(2)11-6-20-5-10(11)14(18)19/h4,7,10-11H,3,5-6H2,1-2H3,(H,18,19). The van der Waals surface area contributed by atoms with Gasteiger partial charge in [0.25, 0.3) is 0 Å². The minimum Gasteiger partial charge on any atom is -0.481 e. The Kier molecular flexibility index (Phi) is 3.77. The first-order chi connectivity index (χ1) is 10.1. The molecule has 1 aliphatic heterocycles. The van der Waals surface area contributed by atoms with Crippen LogP contribution in [0.5, 0.6) is 0 Å². The molecular formula is C14H17N3O3S. The van der Waals surface area contributed by atoms with Crippen molar-refractivity contribution >= 4 is 33.3 Å². The largest absolute Gasteiger partial charge is 0.481 e. The maximum absolute atomic E-state index is 11.3. The summed E-state index contributed by atoms with van der Waals surface area (Å²) in [6.07, 6.45) is 2.49. The van der Waals surface area contributed by atoms with E-state index >= 15 is 0 Å². The van der Waals surface area contributed by atoms with Crippen molar-refractivity contribution in [3.05, 3.63) is 17.3 Å². The summed E-state index contributed by atoms with van der Waals surface area (Å²) in [5.74, 6) is -0.573. The topological polar surface area (TPSA) is 75.5 Å². The summed E-state index contributed by atoms with van der Waals surface area (Å²) in [6, 6.07) is 1.89. The molecule has 0 spiro atoms. The molecule has 1 saturated heterocycles. The monoisotopic (exact) mass is 307 g/mol. The first-order valence-corrected chi connectivity index (χ1v) is 7.70. The van der Waals surface area contributed by atoms with Gasteiger partial charge in [-0.05, 0) is 12.5 Å². The highest BCUT2D eigenvalue weighted by molar-refractivity contribution is 7.18. The van der Waals surface area contributed by atoms with Crippen LogP contribution in [0.1, 0.15) is 11.8 Å². The van der Waals surface area contributed by atoms with Gasteiger partial charge in [-0.3, -0.25) is 4.79 Å². The lowest BCUT2D eigenvalue weighted by Gasteiger charge is -2.27. The number of carboxylic acids is 1. The van der Waals surface area contributed by atoms with Gasteiger partial charge in [0.15, 0.2) is 0 Å². The third kappa shape index (κ3) is 2.47. The van der Waals surface area contributed by atoms with Crippen molar-refractivity contribution in [3.63, 3.8) is 0 Å². The number of carboxylic acid groups (broad SMARTS) is 1. The lowest BCUT2D eigenvalue weighted by molar-refractivity contribution is -0.141. The molecule has 0 bridgehead atoms. The van der Waals surface area contributed by atoms with Crippen molar-refractivity contribution < 1.29 is 14.6 Å². The second-order valence-electron chi connectivity index (χ2n) is 5.14. The first-order valence-electron chi connectivity index (χ1n) is 6.88. The summed E-state index contributed by atoms with van der Waals surface area (Å²) in [5.41, 5.74) is 0. The average molecular weight is 307 g/mol. The number of likely N-dealkylation sites (N-methyl/N-ethyl adjacent to an activating group) is 1. The van der Waals surface area contributed by atoms with Crippen LogP contribution in [0.15, 0.2) is 12.4 Å². The second-order valence-corrected chi connectivity index (χ2v) is 6.26. The SMILES string of the molecule is CCc1cc2c(N(C)C3COCC3C(=O)O)ncnc2s1. The van der Waals surface area contributed by atoms with Crippen molar-refractivity contribution in [1.82, 2.24) is 9.97 Å². The fourth-order valence-electron chi connectivity index (χ4n) is 2.67. The van der Waals surface area contributed by atoms with E-state index in [9.17, 15) is 9.90 Å². The van der Waals surface area contributed by atoms with Gasteiger partial charge in [0.05, 0.1) is 24.6 Å². The number of nitrogens with zero attached hydrogens (tertiary/aromatic N) is 3. The highest BCUT2D eigenvalue weighted by Crippen LogP contribution is 2.32. The molecule has 0 amide bonds. The van der Waals surface area contributed by atoms with E-state index in [1.54, 1.807) is 11.3 Å². The summed E-state index contributed by atoms with van der Waals surface area (Å²) in [6.45, 7) is 2.76. The number of ether oxygens (including phenoxy) is 1. The molecule has 7 heteroatoms. The Labute approximate surface area is 126 Å². The van der Waals surface area contributed by atoms with Crippen LogP contribution in [0, 0.1) is 5.92 Å². The summed E-state index contributed by atoms with van der Waals surface area (Å²) >= 11 is 1.65. The number of aromatic nitrogens is 2. The molecule has 21 heavy (non-hydrogen) atoms.